The molecule has 1 heterocycles. The maximum atomic E-state index is 12.5. The summed E-state index contributed by atoms with van der Waals surface area (Å²) in [6, 6.07) is 8.45. The van der Waals surface area contributed by atoms with E-state index in [-0.39, 0.29) is 11.9 Å². The van der Waals surface area contributed by atoms with Gasteiger partial charge in [0.1, 0.15) is 0 Å². The van der Waals surface area contributed by atoms with Crippen LogP contribution in [0.1, 0.15) is 44.6 Å². The van der Waals surface area contributed by atoms with E-state index in [1.54, 1.807) is 0 Å². The van der Waals surface area contributed by atoms with Gasteiger partial charge in [-0.05, 0) is 63.1 Å². The van der Waals surface area contributed by atoms with Gasteiger partial charge in [-0.2, -0.15) is 5.10 Å². The highest BCUT2D eigenvalue weighted by Gasteiger charge is 2.42. The second-order valence-electron chi connectivity index (χ2n) is 8.31. The average Bonchev–Trinajstić information content (AvgIpc) is 3.36. The van der Waals surface area contributed by atoms with Crippen molar-refractivity contribution in [2.24, 2.45) is 17.8 Å². The van der Waals surface area contributed by atoms with Gasteiger partial charge in [-0.15, -0.1) is 0 Å². The molecule has 0 spiro atoms. The first-order valence-corrected chi connectivity index (χ1v) is 10.4. The second-order valence-corrected chi connectivity index (χ2v) is 8.70. The molecule has 144 valence electrons. The second kappa shape index (κ2) is 7.58. The van der Waals surface area contributed by atoms with E-state index in [1.807, 2.05) is 16.7 Å². The molecule has 2 aliphatic rings. The Kier molecular flexibility index (Phi) is 5.17. The molecule has 4 unspecified atom stereocenters. The van der Waals surface area contributed by atoms with Crippen molar-refractivity contribution in [3.8, 4) is 11.4 Å². The molecule has 0 radical (unpaired) electrons. The molecule has 0 saturated heterocycles. The third-order valence-electron chi connectivity index (χ3n) is 6.45. The number of benzene rings is 1. The Morgan fingerprint density at radius 1 is 1.33 bits per heavy atom. The molecule has 4 atom stereocenters. The first-order valence-electron chi connectivity index (χ1n) is 10.0. The zero-order chi connectivity index (χ0) is 19.0. The lowest BCUT2D eigenvalue weighted by atomic mass is 9.84. The molecule has 5 nitrogen and oxygen atoms in total. The molecule has 2 N–H and O–H groups in total. The summed E-state index contributed by atoms with van der Waals surface area (Å²) in [5.74, 6) is 3.27. The molecule has 4 rings (SSSR count). The number of rotatable bonds is 6. The van der Waals surface area contributed by atoms with Crippen LogP contribution in [0.15, 0.2) is 24.3 Å². The molecule has 27 heavy (non-hydrogen) atoms. The highest BCUT2D eigenvalue weighted by Crippen LogP contribution is 2.49. The lowest BCUT2D eigenvalue weighted by molar-refractivity contribution is -0.122. The number of carbonyl (C=O) groups is 1. The smallest absolute Gasteiger partial charge is 0.222 e. The van der Waals surface area contributed by atoms with Crippen LogP contribution in [0.4, 0.5) is 0 Å². The fraction of sp³-hybridized carbons (Fsp3) is 0.571. The van der Waals surface area contributed by atoms with E-state index >= 15 is 0 Å². The normalized spacial score (nSPS) is 24.9. The molecule has 2 aliphatic carbocycles. The van der Waals surface area contributed by atoms with Crippen molar-refractivity contribution in [3.05, 3.63) is 34.6 Å². The van der Waals surface area contributed by atoms with Crippen molar-refractivity contribution in [1.29, 1.82) is 0 Å². The van der Waals surface area contributed by atoms with Gasteiger partial charge in [-0.1, -0.05) is 36.2 Å². The van der Waals surface area contributed by atoms with Crippen molar-refractivity contribution in [2.75, 3.05) is 0 Å². The minimum atomic E-state index is 0.100. The topological polar surface area (TPSA) is 62.7 Å². The standard InChI is InChI=1S/C21H28N4OS/c1-13-3-6-16(7-4-13)20-23-24-21(27)25(20)10-9-19(26)22-14(2)18-12-15-5-8-17(18)11-15/h3-4,6-7,14-15,17-18H,5,8-12H2,1-2H3,(H,22,26)(H,24,27). The number of fused-ring (bicyclic) bond motifs is 2. The number of aromatic nitrogens is 3. The summed E-state index contributed by atoms with van der Waals surface area (Å²) in [7, 11) is 0. The van der Waals surface area contributed by atoms with Gasteiger partial charge in [-0.25, -0.2) is 0 Å². The summed E-state index contributed by atoms with van der Waals surface area (Å²) >= 11 is 5.37. The van der Waals surface area contributed by atoms with E-state index in [0.29, 0.717) is 23.7 Å². The monoisotopic (exact) mass is 384 g/mol. The van der Waals surface area contributed by atoms with Gasteiger partial charge >= 0.3 is 0 Å². The van der Waals surface area contributed by atoms with E-state index in [4.69, 9.17) is 12.2 Å². The maximum absolute atomic E-state index is 12.5. The lowest BCUT2D eigenvalue weighted by Crippen LogP contribution is -2.40. The fourth-order valence-electron chi connectivity index (χ4n) is 5.00. The summed E-state index contributed by atoms with van der Waals surface area (Å²) in [5, 5.41) is 10.5. The molecular weight excluding hydrogens is 356 g/mol. The zero-order valence-corrected chi connectivity index (χ0v) is 16.9. The zero-order valence-electron chi connectivity index (χ0n) is 16.1. The van der Waals surface area contributed by atoms with E-state index in [0.717, 1.165) is 23.2 Å². The molecule has 6 heteroatoms. The maximum Gasteiger partial charge on any atom is 0.222 e. The molecule has 1 amide bonds. The van der Waals surface area contributed by atoms with Gasteiger partial charge in [0.2, 0.25) is 5.91 Å². The van der Waals surface area contributed by atoms with Crippen LogP contribution >= 0.6 is 12.2 Å². The van der Waals surface area contributed by atoms with E-state index in [9.17, 15) is 4.79 Å². The van der Waals surface area contributed by atoms with Gasteiger partial charge in [0, 0.05) is 24.6 Å². The molecular formula is C21H28N4OS. The van der Waals surface area contributed by atoms with Crippen LogP contribution in [0.5, 0.6) is 0 Å². The third-order valence-corrected chi connectivity index (χ3v) is 6.77. The van der Waals surface area contributed by atoms with Gasteiger partial charge in [0.25, 0.3) is 0 Å². The minimum Gasteiger partial charge on any atom is -0.353 e. The highest BCUT2D eigenvalue weighted by molar-refractivity contribution is 7.71. The van der Waals surface area contributed by atoms with Crippen LogP contribution in [0, 0.1) is 29.4 Å². The summed E-state index contributed by atoms with van der Waals surface area (Å²) in [5.41, 5.74) is 2.21. The predicted molar refractivity (Wildman–Crippen MR) is 109 cm³/mol. The van der Waals surface area contributed by atoms with E-state index in [2.05, 4.69) is 41.5 Å². The van der Waals surface area contributed by atoms with Crippen LogP contribution in [-0.2, 0) is 11.3 Å². The van der Waals surface area contributed by atoms with Crippen molar-refractivity contribution in [1.82, 2.24) is 20.1 Å². The lowest BCUT2D eigenvalue weighted by Gasteiger charge is -2.28. The SMILES string of the molecule is Cc1ccc(-c2n[nH]c(=S)n2CCC(=O)NC(C)C2CC3CCC2C3)cc1. The van der Waals surface area contributed by atoms with Gasteiger partial charge in [-0.3, -0.25) is 14.5 Å². The van der Waals surface area contributed by atoms with Crippen LogP contribution < -0.4 is 5.32 Å². The molecule has 2 fully saturated rings. The Labute approximate surface area is 165 Å². The number of nitrogens with one attached hydrogen (secondary N) is 2. The summed E-state index contributed by atoms with van der Waals surface area (Å²) in [4.78, 5) is 12.5. The first kappa shape index (κ1) is 18.4. The number of amides is 1. The number of nitrogens with zero attached hydrogens (tertiary/aromatic N) is 2. The molecule has 0 aliphatic heterocycles. The van der Waals surface area contributed by atoms with Crippen LogP contribution in [0.3, 0.4) is 0 Å². The Bertz CT molecular complexity index is 869. The van der Waals surface area contributed by atoms with Gasteiger partial charge in [0.15, 0.2) is 10.6 Å². The molecule has 2 bridgehead atoms. The van der Waals surface area contributed by atoms with Crippen molar-refractivity contribution >= 4 is 18.1 Å². The Hall–Kier alpha value is -1.95. The Balaban J connectivity index is 1.37. The predicted octanol–water partition coefficient (Wildman–Crippen LogP) is 4.25. The van der Waals surface area contributed by atoms with E-state index < -0.39 is 0 Å². The number of aryl methyl sites for hydroxylation is 1. The Morgan fingerprint density at radius 2 is 2.11 bits per heavy atom. The molecule has 1 aromatic carbocycles. The molecule has 1 aromatic heterocycles. The van der Waals surface area contributed by atoms with Crippen molar-refractivity contribution < 1.29 is 4.79 Å². The summed E-state index contributed by atoms with van der Waals surface area (Å²) < 4.78 is 2.47. The van der Waals surface area contributed by atoms with Crippen molar-refractivity contribution in [3.63, 3.8) is 0 Å². The largest absolute Gasteiger partial charge is 0.353 e. The number of aromatic amines is 1. The van der Waals surface area contributed by atoms with Gasteiger partial charge < -0.3 is 5.32 Å². The summed E-state index contributed by atoms with van der Waals surface area (Å²) in [6.45, 7) is 4.76. The fourth-order valence-corrected chi connectivity index (χ4v) is 5.22. The quantitative estimate of drug-likeness (QED) is 0.732. The highest BCUT2D eigenvalue weighted by atomic mass is 32.1. The molecule has 2 aromatic rings. The third kappa shape index (κ3) is 3.86. The number of carbonyl (C=O) groups excluding carboxylic acids is 1. The number of hydrogen-bond acceptors (Lipinski definition) is 3. The summed E-state index contributed by atoms with van der Waals surface area (Å²) in [6.07, 6.45) is 5.81. The van der Waals surface area contributed by atoms with Crippen molar-refractivity contribution in [2.45, 2.75) is 58.5 Å². The Morgan fingerprint density at radius 3 is 2.78 bits per heavy atom. The number of H-pyrrole nitrogens is 1. The van der Waals surface area contributed by atoms with Crippen LogP contribution in [0.2, 0.25) is 0 Å². The van der Waals surface area contributed by atoms with Crippen LogP contribution in [0.25, 0.3) is 11.4 Å². The minimum absolute atomic E-state index is 0.100. The van der Waals surface area contributed by atoms with Gasteiger partial charge in [0.05, 0.1) is 0 Å². The molecule has 2 saturated carbocycles. The first-order chi connectivity index (χ1) is 13.0. The average molecular weight is 385 g/mol. The van der Waals surface area contributed by atoms with Crippen LogP contribution in [-0.4, -0.2) is 26.7 Å². The van der Waals surface area contributed by atoms with E-state index in [1.165, 1.54) is 31.2 Å². The number of hydrogen-bond donors (Lipinski definition) is 2.